The van der Waals surface area contributed by atoms with Crippen molar-refractivity contribution in [1.82, 2.24) is 4.40 Å². The van der Waals surface area contributed by atoms with Gasteiger partial charge in [0.1, 0.15) is 5.52 Å². The lowest BCUT2D eigenvalue weighted by molar-refractivity contribution is -0.308. The second kappa shape index (κ2) is 6.66. The number of anilines is 1. The van der Waals surface area contributed by atoms with E-state index in [1.807, 2.05) is 6.07 Å². The van der Waals surface area contributed by atoms with Crippen LogP contribution in [0.4, 0.5) is 5.69 Å². The van der Waals surface area contributed by atoms with Gasteiger partial charge in [0, 0.05) is 41.4 Å². The summed E-state index contributed by atoms with van der Waals surface area (Å²) in [6.07, 6.45) is 7.09. The third kappa shape index (κ3) is 3.15. The molecule has 5 aromatic rings. The highest BCUT2D eigenvalue weighted by atomic mass is 32.2. The van der Waals surface area contributed by atoms with Crippen molar-refractivity contribution in [2.75, 3.05) is 18.6 Å². The van der Waals surface area contributed by atoms with Gasteiger partial charge in [-0.25, -0.2) is 13.4 Å². The molecule has 0 saturated carbocycles. The van der Waals surface area contributed by atoms with Gasteiger partial charge in [-0.05, 0) is 22.7 Å². The molecule has 0 fully saturated rings. The monoisotopic (exact) mass is 421 g/mol. The van der Waals surface area contributed by atoms with Crippen LogP contribution < -0.4 is 15.9 Å². The first-order chi connectivity index (χ1) is 14.3. The van der Waals surface area contributed by atoms with Crippen molar-refractivity contribution in [3.05, 3.63) is 59.6 Å². The van der Waals surface area contributed by atoms with E-state index < -0.39 is 10.1 Å². The topological polar surface area (TPSA) is 111 Å². The highest BCUT2D eigenvalue weighted by molar-refractivity contribution is 7.84. The largest absolute Gasteiger partial charge is 0.748 e. The minimum atomic E-state index is -3.92. The van der Waals surface area contributed by atoms with E-state index in [4.69, 9.17) is 23.4 Å². The fourth-order valence-electron chi connectivity index (χ4n) is 4.15. The van der Waals surface area contributed by atoms with E-state index in [1.54, 1.807) is 0 Å². The van der Waals surface area contributed by atoms with E-state index in [1.165, 1.54) is 21.6 Å². The van der Waals surface area contributed by atoms with Gasteiger partial charge in [-0.1, -0.05) is 24.3 Å². The summed E-state index contributed by atoms with van der Waals surface area (Å²) in [6.45, 7) is 1.34. The molecule has 4 heterocycles. The number of hydrogen-bond acceptors (Lipinski definition) is 5. The molecule has 1 aliphatic rings. The number of fused-ring (bicyclic) bond motifs is 5. The first-order valence-corrected chi connectivity index (χ1v) is 11.2. The molecular weight excluding hydrogens is 402 g/mol. The van der Waals surface area contributed by atoms with Gasteiger partial charge in [0.15, 0.2) is 0 Å². The van der Waals surface area contributed by atoms with Crippen LogP contribution in [0.3, 0.4) is 0 Å². The Balaban J connectivity index is 0.000000349. The van der Waals surface area contributed by atoms with E-state index in [2.05, 4.69) is 58.2 Å². The predicted molar refractivity (Wildman–Crippen MR) is 116 cm³/mol. The van der Waals surface area contributed by atoms with Crippen molar-refractivity contribution in [2.24, 2.45) is 0 Å². The highest BCUT2D eigenvalue weighted by Crippen LogP contribution is 2.35. The third-order valence-corrected chi connectivity index (χ3v) is 5.32. The lowest BCUT2D eigenvalue weighted by Gasteiger charge is -2.09. The Bertz CT molecular complexity index is 1610. The van der Waals surface area contributed by atoms with Gasteiger partial charge in [-0.15, -0.1) is 0 Å². The number of rotatable bonds is 0. The summed E-state index contributed by atoms with van der Waals surface area (Å²) >= 11 is 0. The minimum Gasteiger partial charge on any atom is -0.748 e. The Labute approximate surface area is 172 Å². The third-order valence-electron chi connectivity index (χ3n) is 5.32. The first kappa shape index (κ1) is 18.8. The molecular formula is C22H19N3O4S. The number of hydrogen-bond donors (Lipinski definition) is 1. The normalized spacial score (nSPS) is 13.9. The standard InChI is InChI=1S/C21H15N3O.CH4O3S/c22-16-5-4-12-2-1-3-17-19(12)20(16)15-10-24-9-14-11-25-7-6-13(14)8-18(24)21(15)23-17;1-5(2,3)4/h1-6,8-10H,7,11,22H2;1H3,(H,2,3,4). The van der Waals surface area contributed by atoms with E-state index in [0.717, 1.165) is 33.0 Å². The van der Waals surface area contributed by atoms with E-state index >= 15 is 0 Å². The summed E-state index contributed by atoms with van der Waals surface area (Å²) in [6, 6.07) is 12.7. The molecule has 30 heavy (non-hydrogen) atoms. The van der Waals surface area contributed by atoms with Crippen molar-refractivity contribution < 1.29 is 22.7 Å². The number of H-pyrrole nitrogens is 1. The number of ether oxygens (including phenoxy) is 1. The number of benzene rings is 2. The number of aromatic nitrogens is 2. The number of nitrogens with one attached hydrogen (secondary N) is 1. The maximum atomic E-state index is 9.08. The number of nitrogens with two attached hydrogens (primary N) is 1. The van der Waals surface area contributed by atoms with E-state index in [0.29, 0.717) is 19.5 Å². The fraction of sp³-hybridized carbons (Fsp3) is 0.136. The van der Waals surface area contributed by atoms with Crippen molar-refractivity contribution in [2.45, 2.75) is 6.61 Å². The van der Waals surface area contributed by atoms with Gasteiger partial charge < -0.3 is 19.4 Å². The van der Waals surface area contributed by atoms with Crippen LogP contribution in [0.5, 0.6) is 0 Å². The zero-order valence-electron chi connectivity index (χ0n) is 16.2. The fourth-order valence-corrected chi connectivity index (χ4v) is 4.15. The van der Waals surface area contributed by atoms with Crippen LogP contribution in [0.1, 0.15) is 5.56 Å². The highest BCUT2D eigenvalue weighted by Gasteiger charge is 2.20. The molecule has 0 bridgehead atoms. The van der Waals surface area contributed by atoms with Crippen LogP contribution in [0.25, 0.3) is 44.2 Å². The smallest absolute Gasteiger partial charge is 0.237 e. The zero-order chi connectivity index (χ0) is 21.0. The van der Waals surface area contributed by atoms with Gasteiger partial charge >= 0.3 is 0 Å². The van der Waals surface area contributed by atoms with Crippen molar-refractivity contribution in [3.63, 3.8) is 0 Å². The predicted octanol–water partition coefficient (Wildman–Crippen LogP) is 1.99. The number of pyridine rings is 2. The molecule has 0 spiro atoms. The molecule has 0 unspecified atom stereocenters. The maximum Gasteiger partial charge on any atom is 0.237 e. The van der Waals surface area contributed by atoms with Crippen LogP contribution in [-0.4, -0.2) is 30.2 Å². The second-order valence-corrected chi connectivity index (χ2v) is 8.85. The van der Waals surface area contributed by atoms with Crippen LogP contribution in [0.15, 0.2) is 48.8 Å². The van der Waals surface area contributed by atoms with Crippen molar-refractivity contribution in [3.8, 4) is 0 Å². The first-order valence-electron chi connectivity index (χ1n) is 9.37. The lowest BCUT2D eigenvalue weighted by atomic mass is 10.0. The second-order valence-electron chi connectivity index (χ2n) is 7.45. The molecule has 0 atom stereocenters. The van der Waals surface area contributed by atoms with Crippen molar-refractivity contribution in [1.29, 1.82) is 0 Å². The molecule has 0 aliphatic carbocycles. The molecule has 0 saturated heterocycles. The van der Waals surface area contributed by atoms with Gasteiger partial charge in [0.25, 0.3) is 0 Å². The summed E-state index contributed by atoms with van der Waals surface area (Å²) in [4.78, 5) is 3.64. The maximum absolute atomic E-state index is 9.08. The SMILES string of the molecule is CS(=O)(=O)[O-].Nc1ccc2cccc3[nH+]c4c(cn5cc6c(cc45)=CCOC6)c1c23. The molecule has 7 nitrogen and oxygen atoms in total. The Morgan fingerprint density at radius 1 is 1.17 bits per heavy atom. The zero-order valence-corrected chi connectivity index (χ0v) is 17.0. The Morgan fingerprint density at radius 2 is 1.97 bits per heavy atom. The summed E-state index contributed by atoms with van der Waals surface area (Å²) in [5, 5.41) is 5.95. The summed E-state index contributed by atoms with van der Waals surface area (Å²) in [5.74, 6) is 0. The van der Waals surface area contributed by atoms with Crippen LogP contribution in [-0.2, 0) is 21.5 Å². The number of aromatic amines is 1. The average Bonchev–Trinajstić information content (AvgIpc) is 3.04. The molecule has 3 N–H and O–H groups in total. The summed E-state index contributed by atoms with van der Waals surface area (Å²) < 4.78 is 35.0. The Kier molecular flexibility index (Phi) is 4.18. The van der Waals surface area contributed by atoms with Gasteiger partial charge in [0.2, 0.25) is 11.0 Å². The number of nitrogen functional groups attached to an aromatic ring is 1. The molecule has 3 aromatic heterocycles. The van der Waals surface area contributed by atoms with Crippen molar-refractivity contribution >= 4 is 60.0 Å². The molecule has 0 amide bonds. The molecule has 152 valence electrons. The van der Waals surface area contributed by atoms with E-state index in [-0.39, 0.29) is 0 Å². The molecule has 6 rings (SSSR count). The van der Waals surface area contributed by atoms with Gasteiger partial charge in [-0.2, -0.15) is 0 Å². The van der Waals surface area contributed by atoms with Crippen LogP contribution in [0.2, 0.25) is 0 Å². The van der Waals surface area contributed by atoms with Gasteiger partial charge in [-0.3, -0.25) is 0 Å². The van der Waals surface area contributed by atoms with Crippen LogP contribution >= 0.6 is 0 Å². The average molecular weight is 421 g/mol. The molecule has 1 aliphatic heterocycles. The lowest BCUT2D eigenvalue weighted by Crippen LogP contribution is -2.18. The molecule has 8 heteroatoms. The summed E-state index contributed by atoms with van der Waals surface area (Å²) in [7, 11) is -3.92. The molecule has 0 radical (unpaired) electrons. The quantitative estimate of drug-likeness (QED) is 0.304. The van der Waals surface area contributed by atoms with Gasteiger partial charge in [0.05, 0.1) is 34.1 Å². The minimum absolute atomic E-state index is 0.604. The Hall–Kier alpha value is -3.20. The number of nitrogens with zero attached hydrogens (tertiary/aromatic N) is 1. The summed E-state index contributed by atoms with van der Waals surface area (Å²) in [5.41, 5.74) is 11.8. The Morgan fingerprint density at radius 3 is 2.77 bits per heavy atom. The van der Waals surface area contributed by atoms with E-state index in [9.17, 15) is 0 Å². The van der Waals surface area contributed by atoms with Crippen LogP contribution in [0, 0.1) is 0 Å². The molecule has 2 aromatic carbocycles.